The van der Waals surface area contributed by atoms with Crippen molar-refractivity contribution in [1.82, 2.24) is 5.32 Å². The Morgan fingerprint density at radius 1 is 1.22 bits per heavy atom. The van der Waals surface area contributed by atoms with E-state index in [1.807, 2.05) is 0 Å². The first kappa shape index (κ1) is 13.1. The summed E-state index contributed by atoms with van der Waals surface area (Å²) < 4.78 is 28.2. The summed E-state index contributed by atoms with van der Waals surface area (Å²) in [6.07, 6.45) is 2.36. The molecule has 1 fully saturated rings. The minimum absolute atomic E-state index is 0.192. The van der Waals surface area contributed by atoms with Crippen molar-refractivity contribution in [2.75, 3.05) is 25.0 Å². The number of alkyl halides is 2. The highest BCUT2D eigenvalue weighted by Crippen LogP contribution is 2.19. The maximum atomic E-state index is 12.0. The molecule has 18 heavy (non-hydrogen) atoms. The topological polar surface area (TPSA) is 33.3 Å². The van der Waals surface area contributed by atoms with Crippen molar-refractivity contribution in [3.05, 3.63) is 24.3 Å². The zero-order valence-corrected chi connectivity index (χ0v) is 10.2. The Labute approximate surface area is 106 Å². The van der Waals surface area contributed by atoms with Gasteiger partial charge in [0.15, 0.2) is 0 Å². The SMILES string of the molecule is FC(F)Oc1ccc(NCC2CCNCC2)cc1. The molecule has 0 spiro atoms. The summed E-state index contributed by atoms with van der Waals surface area (Å²) in [5.74, 6) is 0.876. The number of anilines is 1. The molecule has 1 heterocycles. The molecule has 0 amide bonds. The number of ether oxygens (including phenoxy) is 1. The van der Waals surface area contributed by atoms with E-state index in [0.29, 0.717) is 5.92 Å². The third kappa shape index (κ3) is 4.14. The van der Waals surface area contributed by atoms with Gasteiger partial charge in [0.25, 0.3) is 0 Å². The summed E-state index contributed by atoms with van der Waals surface area (Å²) in [5.41, 5.74) is 0.940. The molecule has 1 aliphatic heterocycles. The molecular formula is C13H18F2N2O. The third-order valence-electron chi connectivity index (χ3n) is 3.13. The second-order valence-electron chi connectivity index (χ2n) is 4.48. The number of hydrogen-bond acceptors (Lipinski definition) is 3. The molecule has 3 nitrogen and oxygen atoms in total. The molecule has 0 bridgehead atoms. The lowest BCUT2D eigenvalue weighted by atomic mass is 9.98. The summed E-state index contributed by atoms with van der Waals surface area (Å²) >= 11 is 0. The zero-order valence-electron chi connectivity index (χ0n) is 10.2. The van der Waals surface area contributed by atoms with E-state index in [4.69, 9.17) is 0 Å². The second kappa shape index (κ2) is 6.54. The van der Waals surface area contributed by atoms with Crippen molar-refractivity contribution in [3.63, 3.8) is 0 Å². The lowest BCUT2D eigenvalue weighted by Gasteiger charge is -2.23. The van der Waals surface area contributed by atoms with E-state index < -0.39 is 6.61 Å². The Bertz CT molecular complexity index is 351. The van der Waals surface area contributed by atoms with Crippen LogP contribution in [0, 0.1) is 5.92 Å². The van der Waals surface area contributed by atoms with Crippen LogP contribution in [0.2, 0.25) is 0 Å². The Hall–Kier alpha value is -1.36. The molecule has 2 N–H and O–H groups in total. The fourth-order valence-electron chi connectivity index (χ4n) is 2.10. The van der Waals surface area contributed by atoms with Crippen molar-refractivity contribution >= 4 is 5.69 Å². The Balaban J connectivity index is 1.78. The molecule has 1 aromatic rings. The summed E-state index contributed by atoms with van der Waals surface area (Å²) in [5, 5.41) is 6.65. The summed E-state index contributed by atoms with van der Waals surface area (Å²) in [6, 6.07) is 6.63. The molecule has 2 rings (SSSR count). The number of hydrogen-bond donors (Lipinski definition) is 2. The lowest BCUT2D eigenvalue weighted by molar-refractivity contribution is -0.0498. The maximum absolute atomic E-state index is 12.0. The summed E-state index contributed by atoms with van der Waals surface area (Å²) in [6.45, 7) is 0.316. The van der Waals surface area contributed by atoms with Gasteiger partial charge >= 0.3 is 6.61 Å². The predicted molar refractivity (Wildman–Crippen MR) is 67.2 cm³/mol. The van der Waals surface area contributed by atoms with Gasteiger partial charge in [-0.2, -0.15) is 8.78 Å². The van der Waals surface area contributed by atoms with Crippen LogP contribution in [-0.2, 0) is 0 Å². The van der Waals surface area contributed by atoms with E-state index >= 15 is 0 Å². The van der Waals surface area contributed by atoms with Gasteiger partial charge in [0.05, 0.1) is 0 Å². The van der Waals surface area contributed by atoms with Crippen LogP contribution in [0.4, 0.5) is 14.5 Å². The highest BCUT2D eigenvalue weighted by atomic mass is 19.3. The van der Waals surface area contributed by atoms with E-state index in [1.165, 1.54) is 12.8 Å². The Morgan fingerprint density at radius 3 is 2.50 bits per heavy atom. The molecule has 0 atom stereocenters. The molecule has 5 heteroatoms. The van der Waals surface area contributed by atoms with Gasteiger partial charge in [-0.25, -0.2) is 0 Å². The molecule has 1 aromatic carbocycles. The number of halogens is 2. The smallest absolute Gasteiger partial charge is 0.387 e. The van der Waals surface area contributed by atoms with Crippen molar-refractivity contribution in [3.8, 4) is 5.75 Å². The standard InChI is InChI=1S/C13H18F2N2O/c14-13(15)18-12-3-1-11(2-4-12)17-9-10-5-7-16-8-6-10/h1-4,10,13,16-17H,5-9H2. The van der Waals surface area contributed by atoms with Crippen molar-refractivity contribution in [2.24, 2.45) is 5.92 Å². The number of nitrogens with one attached hydrogen (secondary N) is 2. The van der Waals surface area contributed by atoms with Gasteiger partial charge in [0.1, 0.15) is 5.75 Å². The van der Waals surface area contributed by atoms with Crippen LogP contribution in [0.15, 0.2) is 24.3 Å². The molecule has 0 aromatic heterocycles. The minimum Gasteiger partial charge on any atom is -0.435 e. The van der Waals surface area contributed by atoms with Gasteiger partial charge in [-0.05, 0) is 56.1 Å². The average molecular weight is 256 g/mol. The van der Waals surface area contributed by atoms with Crippen LogP contribution in [0.3, 0.4) is 0 Å². The monoisotopic (exact) mass is 256 g/mol. The molecule has 0 unspecified atom stereocenters. The van der Waals surface area contributed by atoms with Crippen LogP contribution in [0.5, 0.6) is 5.75 Å². The predicted octanol–water partition coefficient (Wildman–Crippen LogP) is 2.70. The van der Waals surface area contributed by atoms with Gasteiger partial charge in [-0.3, -0.25) is 0 Å². The van der Waals surface area contributed by atoms with E-state index in [9.17, 15) is 8.78 Å². The van der Waals surface area contributed by atoms with E-state index in [2.05, 4.69) is 15.4 Å². The first-order chi connectivity index (χ1) is 8.74. The summed E-state index contributed by atoms with van der Waals surface area (Å²) in [4.78, 5) is 0. The average Bonchev–Trinajstić information content (AvgIpc) is 2.38. The van der Waals surface area contributed by atoms with Crippen LogP contribution < -0.4 is 15.4 Å². The molecule has 0 aliphatic carbocycles. The minimum atomic E-state index is -2.77. The molecule has 0 saturated carbocycles. The van der Waals surface area contributed by atoms with Crippen LogP contribution in [0.1, 0.15) is 12.8 Å². The zero-order chi connectivity index (χ0) is 12.8. The Morgan fingerprint density at radius 2 is 1.89 bits per heavy atom. The lowest BCUT2D eigenvalue weighted by Crippen LogP contribution is -2.31. The van der Waals surface area contributed by atoms with Crippen LogP contribution in [0.25, 0.3) is 0 Å². The normalized spacial score (nSPS) is 16.8. The second-order valence-corrected chi connectivity index (χ2v) is 4.48. The summed E-state index contributed by atoms with van der Waals surface area (Å²) in [7, 11) is 0. The van der Waals surface area contributed by atoms with Gasteiger partial charge in [0, 0.05) is 12.2 Å². The first-order valence-corrected chi connectivity index (χ1v) is 6.23. The molecule has 1 saturated heterocycles. The molecular weight excluding hydrogens is 238 g/mol. The van der Waals surface area contributed by atoms with Gasteiger partial charge in [0.2, 0.25) is 0 Å². The fourth-order valence-corrected chi connectivity index (χ4v) is 2.10. The van der Waals surface area contributed by atoms with Crippen LogP contribution >= 0.6 is 0 Å². The Kier molecular flexibility index (Phi) is 4.75. The largest absolute Gasteiger partial charge is 0.435 e. The van der Waals surface area contributed by atoms with E-state index in [1.54, 1.807) is 24.3 Å². The maximum Gasteiger partial charge on any atom is 0.387 e. The number of rotatable bonds is 5. The van der Waals surface area contributed by atoms with Crippen LogP contribution in [-0.4, -0.2) is 26.2 Å². The third-order valence-corrected chi connectivity index (χ3v) is 3.13. The first-order valence-electron chi connectivity index (χ1n) is 6.23. The van der Waals surface area contributed by atoms with Gasteiger partial charge < -0.3 is 15.4 Å². The number of piperidine rings is 1. The molecule has 1 aliphatic rings. The molecule has 100 valence electrons. The van der Waals surface area contributed by atoms with Crippen molar-refractivity contribution in [1.29, 1.82) is 0 Å². The van der Waals surface area contributed by atoms with Crippen molar-refractivity contribution < 1.29 is 13.5 Å². The number of benzene rings is 1. The highest BCUT2D eigenvalue weighted by Gasteiger charge is 2.12. The van der Waals surface area contributed by atoms with Gasteiger partial charge in [-0.15, -0.1) is 0 Å². The van der Waals surface area contributed by atoms with Gasteiger partial charge in [-0.1, -0.05) is 0 Å². The van der Waals surface area contributed by atoms with E-state index in [0.717, 1.165) is 25.3 Å². The fraction of sp³-hybridized carbons (Fsp3) is 0.538. The highest BCUT2D eigenvalue weighted by molar-refractivity contribution is 5.46. The quantitative estimate of drug-likeness (QED) is 0.849. The van der Waals surface area contributed by atoms with E-state index in [-0.39, 0.29) is 5.75 Å². The molecule has 0 radical (unpaired) electrons. The van der Waals surface area contributed by atoms with Crippen molar-refractivity contribution in [2.45, 2.75) is 19.5 Å².